The Balaban J connectivity index is 2.86. The summed E-state index contributed by atoms with van der Waals surface area (Å²) in [6.07, 6.45) is 2.13. The van der Waals surface area contributed by atoms with Crippen LogP contribution in [0.2, 0.25) is 0 Å². The summed E-state index contributed by atoms with van der Waals surface area (Å²) in [5.41, 5.74) is -1.51. The fourth-order valence-electron chi connectivity index (χ4n) is 2.15. The first kappa shape index (κ1) is 18.5. The van der Waals surface area contributed by atoms with Gasteiger partial charge < -0.3 is 9.47 Å². The average molecular weight is 309 g/mol. The fraction of sp³-hybridized carbons (Fsp3) is 0.765. The number of unbranched alkanes of at least 4 members (excludes halogenated alkanes) is 2. The second-order valence-corrected chi connectivity index (χ2v) is 6.89. The lowest BCUT2D eigenvalue weighted by Crippen LogP contribution is -2.52. The highest BCUT2D eigenvalue weighted by atomic mass is 16.6. The van der Waals surface area contributed by atoms with Crippen LogP contribution in [-0.2, 0) is 14.3 Å². The van der Waals surface area contributed by atoms with Crippen molar-refractivity contribution in [1.29, 1.82) is 0 Å². The number of nitrogens with zero attached hydrogens (tertiary/aromatic N) is 1. The van der Waals surface area contributed by atoms with Crippen LogP contribution in [0, 0.1) is 11.8 Å². The molecule has 5 heteroatoms. The van der Waals surface area contributed by atoms with Gasteiger partial charge in [-0.25, -0.2) is 4.79 Å². The maximum absolute atomic E-state index is 12.4. The van der Waals surface area contributed by atoms with Crippen molar-refractivity contribution < 1.29 is 19.1 Å². The first-order valence-electron chi connectivity index (χ1n) is 7.77. The summed E-state index contributed by atoms with van der Waals surface area (Å²) < 4.78 is 11.0. The van der Waals surface area contributed by atoms with E-state index in [2.05, 4.69) is 18.8 Å². The zero-order valence-electron chi connectivity index (χ0n) is 14.5. The van der Waals surface area contributed by atoms with Gasteiger partial charge in [-0.3, -0.25) is 9.69 Å². The summed E-state index contributed by atoms with van der Waals surface area (Å²) in [6, 6.07) is -0.709. The third-order valence-electron chi connectivity index (χ3n) is 3.25. The number of hydrogen-bond acceptors (Lipinski definition) is 4. The molecule has 0 bridgehead atoms. The van der Waals surface area contributed by atoms with E-state index >= 15 is 0 Å². The minimum atomic E-state index is -0.881. The molecule has 0 N–H and O–H groups in total. The van der Waals surface area contributed by atoms with Crippen molar-refractivity contribution in [2.24, 2.45) is 0 Å². The molecule has 124 valence electrons. The number of carbonyl (C=O) groups is 2. The van der Waals surface area contributed by atoms with Gasteiger partial charge in [-0.1, -0.05) is 19.3 Å². The molecule has 1 heterocycles. The van der Waals surface area contributed by atoms with E-state index in [1.54, 1.807) is 34.6 Å². The first-order chi connectivity index (χ1) is 10.1. The van der Waals surface area contributed by atoms with E-state index in [1.807, 2.05) is 0 Å². The number of ether oxygens (including phenoxy) is 2. The molecule has 1 saturated heterocycles. The Morgan fingerprint density at radius 2 is 2.00 bits per heavy atom. The number of hydrogen-bond donors (Lipinski definition) is 0. The Bertz CT molecular complexity index is 479. The quantitative estimate of drug-likeness (QED) is 0.456. The van der Waals surface area contributed by atoms with Crippen LogP contribution in [0.15, 0.2) is 0 Å². The van der Waals surface area contributed by atoms with E-state index in [9.17, 15) is 9.59 Å². The molecular weight excluding hydrogens is 282 g/mol. The molecule has 0 spiro atoms. The zero-order chi connectivity index (χ0) is 17.0. The number of rotatable bonds is 3. The summed E-state index contributed by atoms with van der Waals surface area (Å²) in [4.78, 5) is 26.0. The van der Waals surface area contributed by atoms with Crippen molar-refractivity contribution >= 4 is 11.9 Å². The normalized spacial score (nSPS) is 20.3. The molecule has 1 aliphatic heterocycles. The minimum Gasteiger partial charge on any atom is -0.444 e. The second kappa shape index (κ2) is 7.15. The number of amides is 1. The lowest BCUT2D eigenvalue weighted by Gasteiger charge is -2.34. The maximum Gasteiger partial charge on any atom is 0.413 e. The highest BCUT2D eigenvalue weighted by molar-refractivity contribution is 6.01. The van der Waals surface area contributed by atoms with E-state index in [0.717, 1.165) is 12.8 Å². The van der Waals surface area contributed by atoms with Gasteiger partial charge in [-0.2, -0.15) is 0 Å². The average Bonchev–Trinajstić information content (AvgIpc) is 2.68. The van der Waals surface area contributed by atoms with Gasteiger partial charge in [0.2, 0.25) is 5.78 Å². The zero-order valence-corrected chi connectivity index (χ0v) is 14.5. The summed E-state index contributed by atoms with van der Waals surface area (Å²) in [5, 5.41) is 0. The predicted molar refractivity (Wildman–Crippen MR) is 84.2 cm³/mol. The van der Waals surface area contributed by atoms with Crippen LogP contribution < -0.4 is 0 Å². The van der Waals surface area contributed by atoms with Crippen LogP contribution in [0.5, 0.6) is 0 Å². The number of ketones is 1. The van der Waals surface area contributed by atoms with Gasteiger partial charge in [-0.05, 0) is 47.0 Å². The maximum atomic E-state index is 12.4. The van der Waals surface area contributed by atoms with E-state index in [0.29, 0.717) is 6.42 Å². The van der Waals surface area contributed by atoms with E-state index in [1.165, 1.54) is 4.90 Å². The molecule has 0 saturated carbocycles. The lowest BCUT2D eigenvalue weighted by molar-refractivity contribution is -0.119. The van der Waals surface area contributed by atoms with Crippen LogP contribution in [0.3, 0.4) is 0 Å². The van der Waals surface area contributed by atoms with Crippen LogP contribution in [0.4, 0.5) is 4.79 Å². The lowest BCUT2D eigenvalue weighted by atomic mass is 10.1. The summed E-state index contributed by atoms with van der Waals surface area (Å²) in [6.45, 7) is 11.1. The first-order valence-corrected chi connectivity index (χ1v) is 7.77. The van der Waals surface area contributed by atoms with Gasteiger partial charge in [0.05, 0.1) is 6.61 Å². The summed E-state index contributed by atoms with van der Waals surface area (Å²) in [7, 11) is 0. The van der Waals surface area contributed by atoms with Crippen molar-refractivity contribution in [2.45, 2.75) is 78.2 Å². The molecule has 0 aliphatic carbocycles. The van der Waals surface area contributed by atoms with Gasteiger partial charge in [0.25, 0.3) is 0 Å². The molecule has 1 aliphatic rings. The van der Waals surface area contributed by atoms with Crippen molar-refractivity contribution in [3.8, 4) is 11.8 Å². The summed E-state index contributed by atoms with van der Waals surface area (Å²) >= 11 is 0. The van der Waals surface area contributed by atoms with Gasteiger partial charge in [0, 0.05) is 6.42 Å². The highest BCUT2D eigenvalue weighted by Gasteiger charge is 2.48. The molecule has 0 radical (unpaired) electrons. The molecule has 0 aromatic carbocycles. The van der Waals surface area contributed by atoms with Crippen molar-refractivity contribution in [1.82, 2.24) is 4.90 Å². The van der Waals surface area contributed by atoms with Crippen molar-refractivity contribution in [2.75, 3.05) is 6.61 Å². The van der Waals surface area contributed by atoms with Crippen LogP contribution >= 0.6 is 0 Å². The number of Topliss-reactive ketones (excluding diaryl/α,β-unsaturated/α-hetero) is 1. The van der Waals surface area contributed by atoms with Crippen molar-refractivity contribution in [3.05, 3.63) is 0 Å². The molecule has 0 aromatic heterocycles. The minimum absolute atomic E-state index is 0.146. The monoisotopic (exact) mass is 309 g/mol. The topological polar surface area (TPSA) is 55.8 Å². The molecule has 1 atom stereocenters. The molecule has 1 fully saturated rings. The Kier molecular flexibility index (Phi) is 6.01. The molecule has 22 heavy (non-hydrogen) atoms. The second-order valence-electron chi connectivity index (χ2n) is 6.89. The van der Waals surface area contributed by atoms with Crippen LogP contribution in [0.1, 0.15) is 60.8 Å². The van der Waals surface area contributed by atoms with Gasteiger partial charge in [-0.15, -0.1) is 0 Å². The Morgan fingerprint density at radius 1 is 1.36 bits per heavy atom. The van der Waals surface area contributed by atoms with Crippen molar-refractivity contribution in [3.63, 3.8) is 0 Å². The molecule has 1 rings (SSSR count). The SMILES string of the molecule is CCCCC#CC(=O)[C@@H]1COC(C)(C)N1C(=O)OC(C)(C)C. The van der Waals surface area contributed by atoms with E-state index in [4.69, 9.17) is 9.47 Å². The highest BCUT2D eigenvalue weighted by Crippen LogP contribution is 2.29. The number of carbonyl (C=O) groups excluding carboxylic acids is 2. The summed E-state index contributed by atoms with van der Waals surface area (Å²) in [5.74, 6) is 5.19. The molecule has 1 amide bonds. The third-order valence-corrected chi connectivity index (χ3v) is 3.25. The van der Waals surface area contributed by atoms with Gasteiger partial charge in [0.15, 0.2) is 0 Å². The smallest absolute Gasteiger partial charge is 0.413 e. The molecular formula is C17H27NO4. The van der Waals surface area contributed by atoms with E-state index in [-0.39, 0.29) is 12.4 Å². The largest absolute Gasteiger partial charge is 0.444 e. The third kappa shape index (κ3) is 5.03. The van der Waals surface area contributed by atoms with Gasteiger partial charge in [0.1, 0.15) is 17.4 Å². The predicted octanol–water partition coefficient (Wildman–Crippen LogP) is 3.12. The molecule has 0 unspecified atom stereocenters. The van der Waals surface area contributed by atoms with Gasteiger partial charge >= 0.3 is 6.09 Å². The molecule has 0 aromatic rings. The Hall–Kier alpha value is -1.54. The molecule has 5 nitrogen and oxygen atoms in total. The fourth-order valence-corrected chi connectivity index (χ4v) is 2.15. The van der Waals surface area contributed by atoms with Crippen LogP contribution in [-0.4, -0.2) is 40.8 Å². The van der Waals surface area contributed by atoms with E-state index < -0.39 is 23.5 Å². The Morgan fingerprint density at radius 3 is 2.55 bits per heavy atom. The van der Waals surface area contributed by atoms with Crippen LogP contribution in [0.25, 0.3) is 0 Å². The Labute approximate surface area is 133 Å². The standard InChI is InChI=1S/C17H27NO4/c1-7-8-9-10-11-14(19)13-12-21-17(5,6)18(13)15(20)22-16(2,3)4/h13H,7-9,12H2,1-6H3/t13-/m0/s1.